The number of alkyl halides is 3. The highest BCUT2D eigenvalue weighted by atomic mass is 19.4. The van der Waals surface area contributed by atoms with Crippen molar-refractivity contribution >= 4 is 17.4 Å². The summed E-state index contributed by atoms with van der Waals surface area (Å²) in [6.45, 7) is 4.15. The van der Waals surface area contributed by atoms with Gasteiger partial charge in [0.25, 0.3) is 0 Å². The number of rotatable bonds is 6. The zero-order chi connectivity index (χ0) is 25.0. The fourth-order valence-corrected chi connectivity index (χ4v) is 4.30. The van der Waals surface area contributed by atoms with Crippen molar-refractivity contribution < 1.29 is 32.5 Å². The van der Waals surface area contributed by atoms with Crippen LogP contribution in [-0.4, -0.2) is 79.8 Å². The first-order chi connectivity index (χ1) is 16.8. The number of benzene rings is 1. The molecule has 3 heterocycles. The van der Waals surface area contributed by atoms with Gasteiger partial charge in [-0.15, -0.1) is 0 Å². The van der Waals surface area contributed by atoms with E-state index in [1.54, 1.807) is 18.3 Å². The van der Waals surface area contributed by atoms with Gasteiger partial charge in [0.05, 0.1) is 25.7 Å². The summed E-state index contributed by atoms with van der Waals surface area (Å²) < 4.78 is 50.0. The molecule has 0 saturated carbocycles. The molecule has 0 aliphatic carbocycles. The summed E-state index contributed by atoms with van der Waals surface area (Å²) >= 11 is 0. The van der Waals surface area contributed by atoms with E-state index in [4.69, 9.17) is 14.6 Å². The van der Waals surface area contributed by atoms with Crippen molar-refractivity contribution in [2.75, 3.05) is 62.8 Å². The van der Waals surface area contributed by atoms with Gasteiger partial charge < -0.3 is 29.7 Å². The Hall–Kier alpha value is -3.05. The van der Waals surface area contributed by atoms with Crippen LogP contribution in [0.3, 0.4) is 0 Å². The van der Waals surface area contributed by atoms with E-state index >= 15 is 0 Å². The zero-order valence-corrected chi connectivity index (χ0v) is 19.5. The highest BCUT2D eigenvalue weighted by Crippen LogP contribution is 2.35. The molecule has 2 saturated heterocycles. The first kappa shape index (κ1) is 25.1. The van der Waals surface area contributed by atoms with Gasteiger partial charge in [-0.05, 0) is 42.7 Å². The number of anilines is 2. The van der Waals surface area contributed by atoms with Crippen LogP contribution in [0.5, 0.6) is 5.88 Å². The molecule has 2 amide bonds. The molecule has 1 aromatic carbocycles. The first-order valence-electron chi connectivity index (χ1n) is 11.6. The summed E-state index contributed by atoms with van der Waals surface area (Å²) in [6.07, 6.45) is -2.72. The van der Waals surface area contributed by atoms with E-state index in [1.165, 1.54) is 4.90 Å². The van der Waals surface area contributed by atoms with Crippen molar-refractivity contribution in [1.29, 1.82) is 0 Å². The third kappa shape index (κ3) is 5.96. The lowest BCUT2D eigenvalue weighted by Crippen LogP contribution is -2.36. The molecule has 4 rings (SSSR count). The molecule has 8 nitrogen and oxygen atoms in total. The predicted octanol–water partition coefficient (Wildman–Crippen LogP) is 3.68. The Morgan fingerprint density at radius 1 is 1.26 bits per heavy atom. The lowest BCUT2D eigenvalue weighted by Gasteiger charge is -2.30. The number of amides is 2. The minimum atomic E-state index is -4.30. The Morgan fingerprint density at radius 3 is 2.71 bits per heavy atom. The molecule has 0 bridgehead atoms. The molecule has 35 heavy (non-hydrogen) atoms. The summed E-state index contributed by atoms with van der Waals surface area (Å²) in [6, 6.07) is 6.76. The highest BCUT2D eigenvalue weighted by molar-refractivity contribution is 5.90. The molecule has 0 radical (unpaired) electrons. The number of aliphatic hydroxyl groups excluding tert-OH is 1. The lowest BCUT2D eigenvalue weighted by atomic mass is 10.0. The standard InChI is InChI=1S/C24H29F3N4O4/c1-16-2-3-19(29-23(33)31-5-4-18(15-31)24(25,26)27)13-20(16)17-12-21(30-6-9-34-10-7-30)22(28-14-17)35-11-8-32/h2-3,12-14,18,32H,4-11,15H2,1H3,(H,29,33). The molecule has 2 aliphatic heterocycles. The van der Waals surface area contributed by atoms with E-state index in [1.807, 2.05) is 19.1 Å². The SMILES string of the molecule is Cc1ccc(NC(=O)N2CCC(C(F)(F)F)C2)cc1-c1cnc(OCCO)c(N2CCOCC2)c1. The molecule has 11 heteroatoms. The second kappa shape index (κ2) is 10.7. The maximum Gasteiger partial charge on any atom is 0.393 e. The van der Waals surface area contributed by atoms with Crippen molar-refractivity contribution in [3.8, 4) is 17.0 Å². The molecule has 1 atom stereocenters. The van der Waals surface area contributed by atoms with E-state index in [0.29, 0.717) is 37.9 Å². The quantitative estimate of drug-likeness (QED) is 0.637. The zero-order valence-electron chi connectivity index (χ0n) is 19.5. The molecule has 2 aromatic rings. The van der Waals surface area contributed by atoms with Crippen LogP contribution in [0.1, 0.15) is 12.0 Å². The number of halogens is 3. The number of carbonyl (C=O) groups is 1. The van der Waals surface area contributed by atoms with Gasteiger partial charge in [0.2, 0.25) is 5.88 Å². The number of pyridine rings is 1. The van der Waals surface area contributed by atoms with E-state index in [0.717, 1.165) is 22.4 Å². The van der Waals surface area contributed by atoms with Crippen LogP contribution in [0, 0.1) is 12.8 Å². The fraction of sp³-hybridized carbons (Fsp3) is 0.500. The topological polar surface area (TPSA) is 87.2 Å². The summed E-state index contributed by atoms with van der Waals surface area (Å²) in [5.41, 5.74) is 3.84. The molecular formula is C24H29F3N4O4. The molecule has 190 valence electrons. The van der Waals surface area contributed by atoms with Crippen LogP contribution < -0.4 is 15.0 Å². The predicted molar refractivity (Wildman–Crippen MR) is 125 cm³/mol. The minimum absolute atomic E-state index is 0.0663. The number of ether oxygens (including phenoxy) is 2. The third-order valence-corrected chi connectivity index (χ3v) is 6.25. The van der Waals surface area contributed by atoms with Crippen LogP contribution >= 0.6 is 0 Å². The summed E-state index contributed by atoms with van der Waals surface area (Å²) in [5.74, 6) is -1.07. The van der Waals surface area contributed by atoms with E-state index in [2.05, 4.69) is 15.2 Å². The van der Waals surface area contributed by atoms with Gasteiger partial charge in [-0.1, -0.05) is 6.07 Å². The fourth-order valence-electron chi connectivity index (χ4n) is 4.30. The number of aliphatic hydroxyl groups is 1. The van der Waals surface area contributed by atoms with Gasteiger partial charge in [-0.3, -0.25) is 0 Å². The smallest absolute Gasteiger partial charge is 0.393 e. The normalized spacial score (nSPS) is 18.6. The summed E-state index contributed by atoms with van der Waals surface area (Å²) in [4.78, 5) is 20.4. The molecule has 2 aliphatic rings. The minimum Gasteiger partial charge on any atom is -0.474 e. The van der Waals surface area contributed by atoms with Crippen LogP contribution in [0.25, 0.3) is 11.1 Å². The summed E-state index contributed by atoms with van der Waals surface area (Å²) in [7, 11) is 0. The lowest BCUT2D eigenvalue weighted by molar-refractivity contribution is -0.169. The van der Waals surface area contributed by atoms with E-state index in [9.17, 15) is 18.0 Å². The maximum atomic E-state index is 13.0. The van der Waals surface area contributed by atoms with Gasteiger partial charge in [0, 0.05) is 43.6 Å². The monoisotopic (exact) mass is 494 g/mol. The highest BCUT2D eigenvalue weighted by Gasteiger charge is 2.44. The molecular weight excluding hydrogens is 465 g/mol. The molecule has 0 spiro atoms. The van der Waals surface area contributed by atoms with Crippen LogP contribution in [-0.2, 0) is 4.74 Å². The Bertz CT molecular complexity index is 1040. The van der Waals surface area contributed by atoms with Gasteiger partial charge in [-0.25, -0.2) is 9.78 Å². The number of carbonyl (C=O) groups excluding carboxylic acids is 1. The second-order valence-corrected chi connectivity index (χ2v) is 8.65. The largest absolute Gasteiger partial charge is 0.474 e. The van der Waals surface area contributed by atoms with Gasteiger partial charge in [0.1, 0.15) is 12.3 Å². The van der Waals surface area contributed by atoms with Crippen molar-refractivity contribution in [2.24, 2.45) is 5.92 Å². The molecule has 2 fully saturated rings. The average Bonchev–Trinajstić information content (AvgIpc) is 3.36. The first-order valence-corrected chi connectivity index (χ1v) is 11.6. The molecule has 1 unspecified atom stereocenters. The number of aryl methyl sites for hydroxylation is 1. The van der Waals surface area contributed by atoms with Crippen molar-refractivity contribution in [3.05, 3.63) is 36.0 Å². The van der Waals surface area contributed by atoms with Gasteiger partial charge in [0.15, 0.2) is 0 Å². The van der Waals surface area contributed by atoms with Crippen molar-refractivity contribution in [3.63, 3.8) is 0 Å². The number of nitrogens with zero attached hydrogens (tertiary/aromatic N) is 3. The number of hydrogen-bond donors (Lipinski definition) is 2. The average molecular weight is 495 g/mol. The Labute approximate surface area is 201 Å². The Morgan fingerprint density at radius 2 is 2.03 bits per heavy atom. The molecule has 1 aromatic heterocycles. The number of nitrogens with one attached hydrogen (secondary N) is 1. The number of likely N-dealkylation sites (tertiary alicyclic amines) is 1. The second-order valence-electron chi connectivity index (χ2n) is 8.65. The van der Waals surface area contributed by atoms with Gasteiger partial charge >= 0.3 is 12.2 Å². The van der Waals surface area contributed by atoms with Crippen molar-refractivity contribution in [2.45, 2.75) is 19.5 Å². The number of hydrogen-bond acceptors (Lipinski definition) is 6. The summed E-state index contributed by atoms with van der Waals surface area (Å²) in [5, 5.41) is 11.9. The Kier molecular flexibility index (Phi) is 7.66. The van der Waals surface area contributed by atoms with Crippen LogP contribution in [0.2, 0.25) is 0 Å². The van der Waals surface area contributed by atoms with E-state index < -0.39 is 18.1 Å². The van der Waals surface area contributed by atoms with Crippen LogP contribution in [0.4, 0.5) is 29.3 Å². The number of urea groups is 1. The van der Waals surface area contributed by atoms with Crippen LogP contribution in [0.15, 0.2) is 30.5 Å². The van der Waals surface area contributed by atoms with E-state index in [-0.39, 0.29) is 32.7 Å². The van der Waals surface area contributed by atoms with Gasteiger partial charge in [-0.2, -0.15) is 13.2 Å². The Balaban J connectivity index is 1.55. The van der Waals surface area contributed by atoms with Crippen molar-refractivity contribution in [1.82, 2.24) is 9.88 Å². The maximum absolute atomic E-state index is 13.0. The molecule has 2 N–H and O–H groups in total. The number of morpholine rings is 1. The third-order valence-electron chi connectivity index (χ3n) is 6.25. The number of aromatic nitrogens is 1.